The van der Waals surface area contributed by atoms with Crippen LogP contribution in [0, 0.1) is 5.92 Å². The van der Waals surface area contributed by atoms with E-state index in [1.807, 2.05) is 34.6 Å². The Hall–Kier alpha value is -0.850. The predicted octanol–water partition coefficient (Wildman–Crippen LogP) is 2.44. The van der Waals surface area contributed by atoms with Crippen LogP contribution in [0.25, 0.3) is 0 Å². The molecule has 0 saturated heterocycles. The SMILES string of the molecule is CC(C)CN(C)S(=O)(=O)c1ccc(CNC(C)(C)C)o1. The van der Waals surface area contributed by atoms with Gasteiger partial charge in [0.15, 0.2) is 0 Å². The van der Waals surface area contributed by atoms with Crippen molar-refractivity contribution < 1.29 is 12.8 Å². The third-order valence-corrected chi connectivity index (χ3v) is 4.41. The summed E-state index contributed by atoms with van der Waals surface area (Å²) in [5, 5.41) is 3.27. The minimum absolute atomic E-state index is 0.00589. The molecule has 0 aliphatic rings. The summed E-state index contributed by atoms with van der Waals surface area (Å²) in [6.45, 7) is 11.1. The van der Waals surface area contributed by atoms with Gasteiger partial charge >= 0.3 is 0 Å². The number of nitrogens with one attached hydrogen (secondary N) is 1. The van der Waals surface area contributed by atoms with Crippen molar-refractivity contribution in [2.24, 2.45) is 5.92 Å². The molecule has 1 N–H and O–H groups in total. The van der Waals surface area contributed by atoms with Gasteiger partial charge in [-0.05, 0) is 38.8 Å². The fourth-order valence-electron chi connectivity index (χ4n) is 1.71. The van der Waals surface area contributed by atoms with Gasteiger partial charge in [0, 0.05) is 19.1 Å². The van der Waals surface area contributed by atoms with Gasteiger partial charge in [0.1, 0.15) is 5.76 Å². The fraction of sp³-hybridized carbons (Fsp3) is 0.714. The molecule has 0 bridgehead atoms. The molecule has 0 unspecified atom stereocenters. The lowest BCUT2D eigenvalue weighted by Gasteiger charge is -2.19. The molecule has 116 valence electrons. The number of furan rings is 1. The van der Waals surface area contributed by atoms with E-state index < -0.39 is 10.0 Å². The van der Waals surface area contributed by atoms with E-state index >= 15 is 0 Å². The van der Waals surface area contributed by atoms with E-state index in [-0.39, 0.29) is 16.5 Å². The molecule has 0 fully saturated rings. The second kappa shape index (κ2) is 6.28. The summed E-state index contributed by atoms with van der Waals surface area (Å²) >= 11 is 0. The van der Waals surface area contributed by atoms with E-state index in [0.717, 1.165) is 0 Å². The molecule has 0 saturated carbocycles. The molecule has 1 aromatic rings. The van der Waals surface area contributed by atoms with Crippen LogP contribution >= 0.6 is 0 Å². The first-order valence-corrected chi connectivity index (χ1v) is 8.26. The minimum Gasteiger partial charge on any atom is -0.447 e. The van der Waals surface area contributed by atoms with Crippen LogP contribution < -0.4 is 5.32 Å². The van der Waals surface area contributed by atoms with Gasteiger partial charge < -0.3 is 9.73 Å². The van der Waals surface area contributed by atoms with Gasteiger partial charge in [0.25, 0.3) is 10.0 Å². The summed E-state index contributed by atoms with van der Waals surface area (Å²) in [6, 6.07) is 3.22. The van der Waals surface area contributed by atoms with Crippen molar-refractivity contribution in [2.45, 2.75) is 51.8 Å². The molecule has 1 heterocycles. The normalized spacial score (nSPS) is 13.4. The van der Waals surface area contributed by atoms with Crippen LogP contribution in [0.2, 0.25) is 0 Å². The summed E-state index contributed by atoms with van der Waals surface area (Å²) in [5.74, 6) is 0.892. The lowest BCUT2D eigenvalue weighted by molar-refractivity contribution is 0.347. The summed E-state index contributed by atoms with van der Waals surface area (Å²) in [6.07, 6.45) is 0. The zero-order valence-electron chi connectivity index (χ0n) is 13.2. The van der Waals surface area contributed by atoms with Gasteiger partial charge in [-0.1, -0.05) is 13.8 Å². The first-order chi connectivity index (χ1) is 9.02. The fourth-order valence-corrected chi connectivity index (χ4v) is 2.96. The number of rotatable bonds is 6. The third-order valence-electron chi connectivity index (χ3n) is 2.72. The third kappa shape index (κ3) is 4.92. The van der Waals surface area contributed by atoms with Crippen molar-refractivity contribution in [3.63, 3.8) is 0 Å². The smallest absolute Gasteiger partial charge is 0.276 e. The van der Waals surface area contributed by atoms with Crippen LogP contribution in [0.15, 0.2) is 21.6 Å². The lowest BCUT2D eigenvalue weighted by atomic mass is 10.1. The number of sulfonamides is 1. The van der Waals surface area contributed by atoms with Crippen LogP contribution in [-0.4, -0.2) is 31.9 Å². The topological polar surface area (TPSA) is 62.6 Å². The maximum absolute atomic E-state index is 12.3. The van der Waals surface area contributed by atoms with Crippen molar-refractivity contribution in [2.75, 3.05) is 13.6 Å². The Labute approximate surface area is 122 Å². The van der Waals surface area contributed by atoms with Crippen molar-refractivity contribution >= 4 is 10.0 Å². The molecule has 0 aliphatic carbocycles. The Balaban J connectivity index is 2.80. The molecule has 20 heavy (non-hydrogen) atoms. The number of nitrogens with zero attached hydrogens (tertiary/aromatic N) is 1. The summed E-state index contributed by atoms with van der Waals surface area (Å²) in [5.41, 5.74) is -0.0414. The molecule has 0 amide bonds. The maximum Gasteiger partial charge on any atom is 0.276 e. The highest BCUT2D eigenvalue weighted by Gasteiger charge is 2.25. The van der Waals surface area contributed by atoms with Crippen LogP contribution in [0.3, 0.4) is 0 Å². The quantitative estimate of drug-likeness (QED) is 0.876. The van der Waals surface area contributed by atoms with Crippen LogP contribution in [0.4, 0.5) is 0 Å². The van der Waals surface area contributed by atoms with E-state index in [1.54, 1.807) is 13.1 Å². The van der Waals surface area contributed by atoms with E-state index in [0.29, 0.717) is 18.8 Å². The first-order valence-electron chi connectivity index (χ1n) is 6.82. The van der Waals surface area contributed by atoms with Crippen molar-refractivity contribution in [3.8, 4) is 0 Å². The van der Waals surface area contributed by atoms with Crippen LogP contribution in [0.5, 0.6) is 0 Å². The van der Waals surface area contributed by atoms with Gasteiger partial charge in [0.05, 0.1) is 6.54 Å². The Morgan fingerprint density at radius 2 is 1.90 bits per heavy atom. The molecular weight excluding hydrogens is 276 g/mol. The summed E-state index contributed by atoms with van der Waals surface area (Å²) in [7, 11) is -1.95. The van der Waals surface area contributed by atoms with Crippen LogP contribution in [0.1, 0.15) is 40.4 Å². The average Bonchev–Trinajstić information content (AvgIpc) is 2.73. The Morgan fingerprint density at radius 3 is 2.40 bits per heavy atom. The van der Waals surface area contributed by atoms with Crippen molar-refractivity contribution in [1.29, 1.82) is 0 Å². The van der Waals surface area contributed by atoms with Gasteiger partial charge in [-0.2, -0.15) is 4.31 Å². The maximum atomic E-state index is 12.3. The van der Waals surface area contributed by atoms with Gasteiger partial charge in [-0.15, -0.1) is 0 Å². The predicted molar refractivity (Wildman–Crippen MR) is 80.0 cm³/mol. The van der Waals surface area contributed by atoms with Gasteiger partial charge in [0.2, 0.25) is 5.09 Å². The van der Waals surface area contributed by atoms with E-state index in [4.69, 9.17) is 4.42 Å². The monoisotopic (exact) mass is 302 g/mol. The van der Waals surface area contributed by atoms with Crippen molar-refractivity contribution in [1.82, 2.24) is 9.62 Å². The number of hydrogen-bond donors (Lipinski definition) is 1. The second-order valence-corrected chi connectivity index (χ2v) is 8.48. The highest BCUT2D eigenvalue weighted by Crippen LogP contribution is 2.19. The van der Waals surface area contributed by atoms with Gasteiger partial charge in [-0.25, -0.2) is 8.42 Å². The zero-order chi connectivity index (χ0) is 15.6. The van der Waals surface area contributed by atoms with Crippen molar-refractivity contribution in [3.05, 3.63) is 17.9 Å². The molecular formula is C14H26N2O3S. The lowest BCUT2D eigenvalue weighted by Crippen LogP contribution is -2.34. The highest BCUT2D eigenvalue weighted by atomic mass is 32.2. The Kier molecular flexibility index (Phi) is 5.40. The number of hydrogen-bond acceptors (Lipinski definition) is 4. The molecule has 0 spiro atoms. The molecule has 0 atom stereocenters. The first kappa shape index (κ1) is 17.2. The molecule has 6 heteroatoms. The van der Waals surface area contributed by atoms with Crippen LogP contribution in [-0.2, 0) is 16.6 Å². The van der Waals surface area contributed by atoms with E-state index in [2.05, 4.69) is 5.32 Å². The molecule has 0 radical (unpaired) electrons. The van der Waals surface area contributed by atoms with E-state index in [9.17, 15) is 8.42 Å². The van der Waals surface area contributed by atoms with E-state index in [1.165, 1.54) is 10.4 Å². The molecule has 0 aromatic carbocycles. The molecule has 0 aliphatic heterocycles. The Bertz CT molecular complexity index is 527. The zero-order valence-corrected chi connectivity index (χ0v) is 14.0. The molecule has 5 nitrogen and oxygen atoms in total. The minimum atomic E-state index is -3.53. The average molecular weight is 302 g/mol. The van der Waals surface area contributed by atoms with Gasteiger partial charge in [-0.3, -0.25) is 0 Å². The summed E-state index contributed by atoms with van der Waals surface area (Å²) < 4.78 is 31.4. The largest absolute Gasteiger partial charge is 0.447 e. The highest BCUT2D eigenvalue weighted by molar-refractivity contribution is 7.89. The Morgan fingerprint density at radius 1 is 1.30 bits per heavy atom. The molecule has 1 aromatic heterocycles. The second-order valence-electron chi connectivity index (χ2n) is 6.50. The molecule has 1 rings (SSSR count). The summed E-state index contributed by atoms with van der Waals surface area (Å²) in [4.78, 5) is 0. The standard InChI is InChI=1S/C14H26N2O3S/c1-11(2)10-16(6)20(17,18)13-8-7-12(19-13)9-15-14(3,4)5/h7-8,11,15H,9-10H2,1-6H3.